The molecule has 2 atom stereocenters. The standard InChI is InChI=1S/C19H21FN4OS2.C18H19FN4O2S/c1-19(2,3)16-14(20)5-12(7-22-16)15-13(6-21)17(25)24-8-11(9-26-4)10-27-18(24)23-15;1-18(2,3)15-13(19)4-11(6-21-15)14-12(5-20)16(25)23-7-10(8-24)9-26-17(23)22-14/h5,7,11H,8-10H2,1-4H3;4,6,10,24H,7-9H2,1-3H3. The molecule has 16 heteroatoms. The Kier molecular flexibility index (Phi) is 12.2. The van der Waals surface area contributed by atoms with Crippen LogP contribution in [0.5, 0.6) is 0 Å². The number of aromatic nitrogens is 6. The zero-order valence-electron chi connectivity index (χ0n) is 30.5. The molecule has 0 radical (unpaired) electrons. The molecule has 0 saturated heterocycles. The second-order valence-corrected chi connectivity index (χ2v) is 17.8. The zero-order chi connectivity index (χ0) is 38.8. The first-order chi connectivity index (χ1) is 25.0. The molecule has 6 rings (SSSR count). The van der Waals surface area contributed by atoms with Gasteiger partial charge in [0.05, 0.1) is 22.8 Å². The van der Waals surface area contributed by atoms with Gasteiger partial charge in [0.1, 0.15) is 34.9 Å². The number of nitrogens with zero attached hydrogens (tertiary/aromatic N) is 8. The molecule has 53 heavy (non-hydrogen) atoms. The van der Waals surface area contributed by atoms with Gasteiger partial charge in [0.25, 0.3) is 11.1 Å². The van der Waals surface area contributed by atoms with Gasteiger partial charge in [-0.25, -0.2) is 18.7 Å². The third-order valence-corrected chi connectivity index (χ3v) is 11.8. The van der Waals surface area contributed by atoms with Gasteiger partial charge in [0.15, 0.2) is 10.3 Å². The normalized spacial score (nSPS) is 16.8. The Bertz CT molecular complexity index is 2250. The number of aliphatic hydroxyl groups excluding tert-OH is 1. The Hall–Kier alpha value is -4.09. The summed E-state index contributed by atoms with van der Waals surface area (Å²) in [6, 6.07) is 6.45. The number of aliphatic hydroxyl groups is 1. The molecule has 2 aliphatic heterocycles. The van der Waals surface area contributed by atoms with Crippen LogP contribution < -0.4 is 11.1 Å². The highest BCUT2D eigenvalue weighted by Crippen LogP contribution is 2.33. The minimum Gasteiger partial charge on any atom is -0.396 e. The number of hydrogen-bond acceptors (Lipinski definition) is 12. The van der Waals surface area contributed by atoms with Crippen molar-refractivity contribution in [1.29, 1.82) is 10.5 Å². The number of pyridine rings is 2. The van der Waals surface area contributed by atoms with Gasteiger partial charge < -0.3 is 5.11 Å². The summed E-state index contributed by atoms with van der Waals surface area (Å²) in [6.45, 7) is 12.0. The minimum atomic E-state index is -0.494. The van der Waals surface area contributed by atoms with E-state index < -0.39 is 28.0 Å². The van der Waals surface area contributed by atoms with Crippen LogP contribution in [0.2, 0.25) is 0 Å². The van der Waals surface area contributed by atoms with Crippen molar-refractivity contribution in [1.82, 2.24) is 29.1 Å². The molecular weight excluding hydrogens is 739 g/mol. The van der Waals surface area contributed by atoms with Crippen molar-refractivity contribution in [2.45, 2.75) is 75.8 Å². The molecule has 1 N–H and O–H groups in total. The number of nitriles is 2. The molecule has 0 spiro atoms. The van der Waals surface area contributed by atoms with Crippen LogP contribution >= 0.6 is 35.3 Å². The second kappa shape index (κ2) is 16.1. The first-order valence-corrected chi connectivity index (χ1v) is 20.2. The SMILES string of the molecule is CC(C)(C)c1ncc(-c2nc3n(c(=O)c2C#N)CC(CO)CS3)cc1F.CSCC1CSc2nc(-c3cnc(C(C)(C)C)c(F)c3)c(C#N)c(=O)n2C1. The molecule has 4 aromatic heterocycles. The maximum absolute atomic E-state index is 14.6. The highest BCUT2D eigenvalue weighted by molar-refractivity contribution is 7.99. The highest BCUT2D eigenvalue weighted by Gasteiger charge is 2.28. The lowest BCUT2D eigenvalue weighted by Gasteiger charge is -2.25. The molecule has 0 saturated carbocycles. The van der Waals surface area contributed by atoms with E-state index >= 15 is 0 Å². The average molecular weight is 779 g/mol. The van der Waals surface area contributed by atoms with E-state index in [1.165, 1.54) is 52.6 Å². The largest absolute Gasteiger partial charge is 0.396 e. The van der Waals surface area contributed by atoms with E-state index in [0.717, 1.165) is 11.5 Å². The van der Waals surface area contributed by atoms with Crippen molar-refractivity contribution in [3.8, 4) is 34.7 Å². The molecule has 0 fully saturated rings. The van der Waals surface area contributed by atoms with E-state index in [9.17, 15) is 34.0 Å². The Labute approximate surface area is 319 Å². The van der Waals surface area contributed by atoms with Crippen molar-refractivity contribution < 1.29 is 13.9 Å². The van der Waals surface area contributed by atoms with E-state index in [1.807, 2.05) is 59.9 Å². The van der Waals surface area contributed by atoms with Crippen molar-refractivity contribution in [3.05, 3.63) is 79.4 Å². The molecule has 0 amide bonds. The van der Waals surface area contributed by atoms with Crippen molar-refractivity contribution in [2.75, 3.05) is 30.1 Å². The summed E-state index contributed by atoms with van der Waals surface area (Å²) in [5, 5.41) is 29.4. The van der Waals surface area contributed by atoms with Crippen LogP contribution in [0.15, 0.2) is 44.4 Å². The first-order valence-electron chi connectivity index (χ1n) is 16.8. The first kappa shape index (κ1) is 40.1. The van der Waals surface area contributed by atoms with Crippen LogP contribution in [0.1, 0.15) is 64.1 Å². The molecule has 11 nitrogen and oxygen atoms in total. The second-order valence-electron chi connectivity index (χ2n) is 14.9. The van der Waals surface area contributed by atoms with Gasteiger partial charge in [-0.2, -0.15) is 22.3 Å². The van der Waals surface area contributed by atoms with Crippen LogP contribution in [0.3, 0.4) is 0 Å². The Balaban J connectivity index is 0.000000204. The van der Waals surface area contributed by atoms with Crippen molar-refractivity contribution in [3.63, 3.8) is 0 Å². The fourth-order valence-corrected chi connectivity index (χ4v) is 8.91. The van der Waals surface area contributed by atoms with Crippen LogP contribution in [-0.2, 0) is 23.9 Å². The van der Waals surface area contributed by atoms with E-state index in [-0.39, 0.29) is 40.6 Å². The summed E-state index contributed by atoms with van der Waals surface area (Å²) >= 11 is 4.59. The smallest absolute Gasteiger partial charge is 0.272 e. The minimum absolute atomic E-state index is 0.0358. The molecule has 0 aliphatic carbocycles. The Morgan fingerprint density at radius 3 is 1.58 bits per heavy atom. The maximum Gasteiger partial charge on any atom is 0.272 e. The molecule has 2 unspecified atom stereocenters. The summed E-state index contributed by atoms with van der Waals surface area (Å²) in [7, 11) is 0. The lowest BCUT2D eigenvalue weighted by molar-refractivity contribution is 0.217. The van der Waals surface area contributed by atoms with Gasteiger partial charge in [-0.3, -0.25) is 28.7 Å². The van der Waals surface area contributed by atoms with Crippen molar-refractivity contribution in [2.24, 2.45) is 11.8 Å². The molecule has 0 aromatic carbocycles. The predicted octanol–water partition coefficient (Wildman–Crippen LogP) is 6.03. The monoisotopic (exact) mass is 778 g/mol. The van der Waals surface area contributed by atoms with E-state index in [2.05, 4.69) is 19.9 Å². The number of hydrogen-bond donors (Lipinski definition) is 1. The topological polar surface area (TPSA) is 163 Å². The van der Waals surface area contributed by atoms with Gasteiger partial charge in [-0.05, 0) is 30.1 Å². The maximum atomic E-state index is 14.6. The van der Waals surface area contributed by atoms with E-state index in [1.54, 1.807) is 16.3 Å². The quantitative estimate of drug-likeness (QED) is 0.235. The highest BCUT2D eigenvalue weighted by atomic mass is 32.2. The number of thioether (sulfide) groups is 3. The number of halogens is 2. The fourth-order valence-electron chi connectivity index (χ4n) is 5.92. The van der Waals surface area contributed by atoms with Gasteiger partial charge in [0.2, 0.25) is 0 Å². The number of fused-ring (bicyclic) bond motifs is 2. The lowest BCUT2D eigenvalue weighted by atomic mass is 9.90. The third-order valence-electron chi connectivity index (χ3n) is 8.58. The van der Waals surface area contributed by atoms with Crippen molar-refractivity contribution >= 4 is 35.3 Å². The molecule has 2 aliphatic rings. The zero-order valence-corrected chi connectivity index (χ0v) is 33.0. The summed E-state index contributed by atoms with van der Waals surface area (Å²) in [5.41, 5.74) is -0.280. The molecule has 0 bridgehead atoms. The molecule has 4 aromatic rings. The van der Waals surface area contributed by atoms with Gasteiger partial charge in [-0.15, -0.1) is 0 Å². The van der Waals surface area contributed by atoms with E-state index in [4.69, 9.17) is 0 Å². The Morgan fingerprint density at radius 2 is 1.23 bits per heavy atom. The third kappa shape index (κ3) is 8.51. The summed E-state index contributed by atoms with van der Waals surface area (Å²) < 4.78 is 32.1. The summed E-state index contributed by atoms with van der Waals surface area (Å²) in [5.74, 6) is 1.79. The lowest BCUT2D eigenvalue weighted by Crippen LogP contribution is -2.34. The van der Waals surface area contributed by atoms with Gasteiger partial charge >= 0.3 is 0 Å². The summed E-state index contributed by atoms with van der Waals surface area (Å²) in [6.07, 6.45) is 4.98. The molecule has 278 valence electrons. The number of rotatable bonds is 5. The van der Waals surface area contributed by atoms with E-state index in [0.29, 0.717) is 57.6 Å². The average Bonchev–Trinajstić information content (AvgIpc) is 3.10. The predicted molar refractivity (Wildman–Crippen MR) is 204 cm³/mol. The molecule has 6 heterocycles. The van der Waals surface area contributed by atoms with Crippen LogP contribution in [0.4, 0.5) is 8.78 Å². The summed E-state index contributed by atoms with van der Waals surface area (Å²) in [4.78, 5) is 43.0. The van der Waals surface area contributed by atoms with Crippen LogP contribution in [0.25, 0.3) is 22.5 Å². The van der Waals surface area contributed by atoms with Crippen LogP contribution in [0, 0.1) is 46.1 Å². The van der Waals surface area contributed by atoms with Crippen LogP contribution in [-0.4, -0.2) is 64.3 Å². The van der Waals surface area contributed by atoms with Gasteiger partial charge in [-0.1, -0.05) is 65.1 Å². The Morgan fingerprint density at radius 1 is 0.811 bits per heavy atom. The fraction of sp³-hybridized carbons (Fsp3) is 0.459. The van der Waals surface area contributed by atoms with Gasteiger partial charge in [0, 0.05) is 71.5 Å². The molecular formula is C37H40F2N8O3S3.